The van der Waals surface area contributed by atoms with Crippen molar-refractivity contribution < 1.29 is 13.9 Å². The van der Waals surface area contributed by atoms with E-state index in [2.05, 4.69) is 38.6 Å². The van der Waals surface area contributed by atoms with Gasteiger partial charge < -0.3 is 14.5 Å². The number of amides is 1. The number of aromatic amines is 1. The van der Waals surface area contributed by atoms with Gasteiger partial charge in [0.15, 0.2) is 5.76 Å². The molecule has 2 aliphatic rings. The number of rotatable bonds is 6. The lowest BCUT2D eigenvalue weighted by Gasteiger charge is -2.44. The molecule has 1 spiro atoms. The summed E-state index contributed by atoms with van der Waals surface area (Å²) in [5.41, 5.74) is 3.48. The Hall–Kier alpha value is -2.90. The molecule has 0 bridgehead atoms. The highest BCUT2D eigenvalue weighted by Gasteiger charge is 2.54. The number of likely N-dealkylation sites (tertiary alicyclic amines) is 1. The summed E-state index contributed by atoms with van der Waals surface area (Å²) in [5, 5.41) is 10.3. The van der Waals surface area contributed by atoms with Gasteiger partial charge in [0.05, 0.1) is 18.4 Å². The lowest BCUT2D eigenvalue weighted by Crippen LogP contribution is -2.50. The van der Waals surface area contributed by atoms with Crippen LogP contribution in [0.2, 0.25) is 0 Å². The number of ether oxygens (including phenoxy) is 1. The number of carbonyl (C=O) groups is 1. The van der Waals surface area contributed by atoms with E-state index in [1.165, 1.54) is 11.8 Å². The molecule has 1 aromatic carbocycles. The number of hydrogen-bond donors (Lipinski definition) is 2. The van der Waals surface area contributed by atoms with E-state index in [-0.39, 0.29) is 23.5 Å². The number of nitrogens with zero attached hydrogens (tertiary/aromatic N) is 2. The van der Waals surface area contributed by atoms with Crippen LogP contribution in [0.5, 0.6) is 0 Å². The maximum absolute atomic E-state index is 12.8. The smallest absolute Gasteiger partial charge is 0.287 e. The molecule has 7 heteroatoms. The molecular weight excluding hydrogens is 392 g/mol. The largest absolute Gasteiger partial charge is 0.459 e. The predicted molar refractivity (Wildman–Crippen MR) is 116 cm³/mol. The van der Waals surface area contributed by atoms with Crippen LogP contribution in [0.4, 0.5) is 0 Å². The maximum Gasteiger partial charge on any atom is 0.287 e. The van der Waals surface area contributed by atoms with Crippen LogP contribution < -0.4 is 5.32 Å². The van der Waals surface area contributed by atoms with E-state index in [1.807, 2.05) is 19.1 Å². The normalized spacial score (nSPS) is 22.5. The number of furan rings is 1. The summed E-state index contributed by atoms with van der Waals surface area (Å²) in [6.07, 6.45) is 5.18. The Morgan fingerprint density at radius 1 is 1.26 bits per heavy atom. The lowest BCUT2D eigenvalue weighted by molar-refractivity contribution is -0.0337. The van der Waals surface area contributed by atoms with E-state index in [0.717, 1.165) is 43.7 Å². The van der Waals surface area contributed by atoms with Crippen molar-refractivity contribution in [3.63, 3.8) is 0 Å². The van der Waals surface area contributed by atoms with Gasteiger partial charge in [0.2, 0.25) is 0 Å². The second-order valence-electron chi connectivity index (χ2n) is 8.41. The van der Waals surface area contributed by atoms with E-state index in [1.54, 1.807) is 18.3 Å². The van der Waals surface area contributed by atoms with Crippen LogP contribution in [0.15, 0.2) is 59.3 Å². The minimum absolute atomic E-state index is 0.108. The average molecular weight is 421 g/mol. The molecule has 3 heterocycles. The van der Waals surface area contributed by atoms with Gasteiger partial charge in [-0.2, -0.15) is 5.10 Å². The molecule has 1 aliphatic carbocycles. The molecule has 2 aromatic heterocycles. The van der Waals surface area contributed by atoms with E-state index in [9.17, 15) is 4.79 Å². The number of hydrogen-bond acceptors (Lipinski definition) is 5. The third-order valence-corrected chi connectivity index (χ3v) is 6.76. The summed E-state index contributed by atoms with van der Waals surface area (Å²) in [6.45, 7) is 5.43. The number of H-pyrrole nitrogens is 1. The third kappa shape index (κ3) is 3.58. The Kier molecular flexibility index (Phi) is 5.38. The molecule has 5 rings (SSSR count). The fourth-order valence-corrected chi connectivity index (χ4v) is 5.34. The van der Waals surface area contributed by atoms with Crippen molar-refractivity contribution >= 4 is 5.91 Å². The second-order valence-corrected chi connectivity index (χ2v) is 8.41. The van der Waals surface area contributed by atoms with Gasteiger partial charge in [-0.1, -0.05) is 24.3 Å². The first-order valence-corrected chi connectivity index (χ1v) is 11.0. The molecule has 2 atom stereocenters. The third-order valence-electron chi connectivity index (χ3n) is 6.76. The average Bonchev–Trinajstić information content (AvgIpc) is 3.54. The number of piperidine rings is 1. The molecule has 2 N–H and O–H groups in total. The number of aromatic nitrogens is 2. The van der Waals surface area contributed by atoms with Crippen molar-refractivity contribution in [1.29, 1.82) is 0 Å². The number of benzene rings is 1. The van der Waals surface area contributed by atoms with Gasteiger partial charge in [-0.15, -0.1) is 0 Å². The highest BCUT2D eigenvalue weighted by atomic mass is 16.5. The summed E-state index contributed by atoms with van der Waals surface area (Å²) < 4.78 is 11.7. The zero-order valence-electron chi connectivity index (χ0n) is 17.7. The quantitative estimate of drug-likeness (QED) is 0.638. The monoisotopic (exact) mass is 420 g/mol. The SMILES string of the molecule is CCO[C@@H]1[C@@H](NC(=O)c2ccco2)c2ccccc2C12CCN(Cc1ccn[nH]1)CC2. The van der Waals surface area contributed by atoms with Gasteiger partial charge in [0, 0.05) is 30.5 Å². The fraction of sp³-hybridized carbons (Fsp3) is 0.417. The zero-order chi connectivity index (χ0) is 21.3. The highest BCUT2D eigenvalue weighted by molar-refractivity contribution is 5.91. The molecule has 162 valence electrons. The van der Waals surface area contributed by atoms with Crippen molar-refractivity contribution in [2.45, 2.75) is 43.9 Å². The standard InChI is InChI=1S/C24H28N4O3/c1-2-30-22-21(26-23(29)20-8-5-15-31-20)18-6-3-4-7-19(18)24(22)10-13-28(14-11-24)16-17-9-12-25-27-17/h3-9,12,15,21-22H,2,10-11,13-14,16H2,1H3,(H,25,27)(H,26,29)/t21-,22+/m0/s1. The summed E-state index contributed by atoms with van der Waals surface area (Å²) in [7, 11) is 0. The maximum atomic E-state index is 12.8. The van der Waals surface area contributed by atoms with E-state index in [4.69, 9.17) is 9.15 Å². The highest BCUT2D eigenvalue weighted by Crippen LogP contribution is 2.52. The summed E-state index contributed by atoms with van der Waals surface area (Å²) in [5.74, 6) is 0.117. The Balaban J connectivity index is 1.42. The molecule has 1 saturated heterocycles. The number of fused-ring (bicyclic) bond motifs is 2. The van der Waals surface area contributed by atoms with Gasteiger partial charge in [-0.05, 0) is 62.2 Å². The van der Waals surface area contributed by atoms with Crippen molar-refractivity contribution in [2.24, 2.45) is 0 Å². The molecule has 1 fully saturated rings. The van der Waals surface area contributed by atoms with Crippen LogP contribution >= 0.6 is 0 Å². The molecule has 1 aliphatic heterocycles. The van der Waals surface area contributed by atoms with Crippen molar-refractivity contribution in [3.05, 3.63) is 77.5 Å². The van der Waals surface area contributed by atoms with E-state index >= 15 is 0 Å². The predicted octanol–water partition coefficient (Wildman–Crippen LogP) is 3.43. The molecule has 7 nitrogen and oxygen atoms in total. The molecule has 0 saturated carbocycles. The molecule has 31 heavy (non-hydrogen) atoms. The minimum Gasteiger partial charge on any atom is -0.459 e. The topological polar surface area (TPSA) is 83.4 Å². The minimum atomic E-state index is -0.205. The van der Waals surface area contributed by atoms with Crippen LogP contribution in [0.3, 0.4) is 0 Å². The zero-order valence-corrected chi connectivity index (χ0v) is 17.7. The first-order valence-electron chi connectivity index (χ1n) is 11.0. The number of carbonyl (C=O) groups excluding carboxylic acids is 1. The summed E-state index contributed by atoms with van der Waals surface area (Å²) in [6, 6.07) is 13.7. The van der Waals surface area contributed by atoms with Crippen molar-refractivity contribution in [1.82, 2.24) is 20.4 Å². The Morgan fingerprint density at radius 2 is 2.10 bits per heavy atom. The second kappa shape index (κ2) is 8.32. The van der Waals surface area contributed by atoms with Crippen molar-refractivity contribution in [2.75, 3.05) is 19.7 Å². The van der Waals surface area contributed by atoms with Crippen LogP contribution in [0.1, 0.15) is 53.2 Å². The Bertz CT molecular complexity index is 1010. The first kappa shape index (κ1) is 20.0. The fourth-order valence-electron chi connectivity index (χ4n) is 5.34. The van der Waals surface area contributed by atoms with Gasteiger partial charge in [-0.3, -0.25) is 14.8 Å². The van der Waals surface area contributed by atoms with Gasteiger partial charge >= 0.3 is 0 Å². The number of nitrogens with one attached hydrogen (secondary N) is 2. The summed E-state index contributed by atoms with van der Waals surface area (Å²) in [4.78, 5) is 15.3. The molecule has 0 radical (unpaired) electrons. The Labute approximate surface area is 181 Å². The van der Waals surface area contributed by atoms with Crippen LogP contribution in [-0.2, 0) is 16.7 Å². The molecule has 3 aromatic rings. The van der Waals surface area contributed by atoms with Gasteiger partial charge in [-0.25, -0.2) is 0 Å². The molecular formula is C24H28N4O3. The first-order chi connectivity index (χ1) is 15.2. The Morgan fingerprint density at radius 3 is 2.81 bits per heavy atom. The molecule has 0 unspecified atom stereocenters. The van der Waals surface area contributed by atoms with E-state index < -0.39 is 0 Å². The van der Waals surface area contributed by atoms with E-state index in [0.29, 0.717) is 12.4 Å². The van der Waals surface area contributed by atoms with Crippen LogP contribution in [-0.4, -0.2) is 46.8 Å². The van der Waals surface area contributed by atoms with Crippen LogP contribution in [0, 0.1) is 0 Å². The van der Waals surface area contributed by atoms with Gasteiger partial charge in [0.1, 0.15) is 0 Å². The molecule has 1 amide bonds. The lowest BCUT2D eigenvalue weighted by atomic mass is 9.71. The van der Waals surface area contributed by atoms with Gasteiger partial charge in [0.25, 0.3) is 5.91 Å². The van der Waals surface area contributed by atoms with Crippen molar-refractivity contribution in [3.8, 4) is 0 Å². The van der Waals surface area contributed by atoms with Crippen LogP contribution in [0.25, 0.3) is 0 Å². The summed E-state index contributed by atoms with van der Waals surface area (Å²) >= 11 is 0.